The summed E-state index contributed by atoms with van der Waals surface area (Å²) in [7, 11) is 0. The molecule has 1 aromatic carbocycles. The number of carboxylic acids is 1. The van der Waals surface area contributed by atoms with E-state index in [0.29, 0.717) is 18.7 Å². The van der Waals surface area contributed by atoms with Crippen molar-refractivity contribution in [2.24, 2.45) is 11.5 Å². The Balaban J connectivity index is 0.000000438. The van der Waals surface area contributed by atoms with Gasteiger partial charge in [-0.05, 0) is 31.5 Å². The van der Waals surface area contributed by atoms with Crippen LogP contribution in [0.3, 0.4) is 0 Å². The molecule has 0 amide bonds. The molecule has 23 heavy (non-hydrogen) atoms. The molecule has 1 unspecified atom stereocenters. The van der Waals surface area contributed by atoms with Gasteiger partial charge in [-0.1, -0.05) is 6.42 Å². The zero-order valence-electron chi connectivity index (χ0n) is 12.8. The summed E-state index contributed by atoms with van der Waals surface area (Å²) in [6.07, 6.45) is 2.16. The number of ether oxygens (including phenoxy) is 1. The predicted octanol–water partition coefficient (Wildman–Crippen LogP) is 1.05. The van der Waals surface area contributed by atoms with Crippen molar-refractivity contribution in [2.75, 3.05) is 6.54 Å². The van der Waals surface area contributed by atoms with Crippen molar-refractivity contribution in [1.82, 2.24) is 0 Å². The first-order chi connectivity index (χ1) is 10.8. The number of hydrogen-bond donors (Lipinski definition) is 3. The highest BCUT2D eigenvalue weighted by Crippen LogP contribution is 2.17. The molecule has 0 spiro atoms. The third-order valence-electron chi connectivity index (χ3n) is 2.60. The summed E-state index contributed by atoms with van der Waals surface area (Å²) >= 11 is 0. The molecule has 5 N–H and O–H groups in total. The molecule has 0 aliphatic carbocycles. The predicted molar refractivity (Wildman–Crippen MR) is 82.9 cm³/mol. The van der Waals surface area contributed by atoms with E-state index in [1.54, 1.807) is 0 Å². The van der Waals surface area contributed by atoms with Crippen LogP contribution in [-0.2, 0) is 9.59 Å². The summed E-state index contributed by atoms with van der Waals surface area (Å²) in [5.74, 6) is -1.08. The van der Waals surface area contributed by atoms with E-state index < -0.39 is 22.9 Å². The Morgan fingerprint density at radius 2 is 1.87 bits per heavy atom. The first kappa shape index (κ1) is 20.5. The van der Waals surface area contributed by atoms with Crippen molar-refractivity contribution in [1.29, 1.82) is 0 Å². The summed E-state index contributed by atoms with van der Waals surface area (Å²) in [5.41, 5.74) is 10.4. The summed E-state index contributed by atoms with van der Waals surface area (Å²) in [5, 5.41) is 18.6. The smallest absolute Gasteiger partial charge is 0.320 e. The average Bonchev–Trinajstić information content (AvgIpc) is 2.48. The van der Waals surface area contributed by atoms with Crippen LogP contribution in [0.25, 0.3) is 0 Å². The van der Waals surface area contributed by atoms with Crippen LogP contribution in [0.15, 0.2) is 24.3 Å². The van der Waals surface area contributed by atoms with E-state index in [1.807, 2.05) is 0 Å². The van der Waals surface area contributed by atoms with E-state index in [9.17, 15) is 19.7 Å². The zero-order valence-corrected chi connectivity index (χ0v) is 12.8. The van der Waals surface area contributed by atoms with E-state index in [1.165, 1.54) is 31.2 Å². The molecule has 9 heteroatoms. The fourth-order valence-electron chi connectivity index (χ4n) is 1.43. The number of rotatable bonds is 7. The van der Waals surface area contributed by atoms with Gasteiger partial charge in [0.1, 0.15) is 11.8 Å². The molecule has 0 aliphatic rings. The number of nitrogens with two attached hydrogens (primary N) is 2. The molecule has 0 fully saturated rings. The summed E-state index contributed by atoms with van der Waals surface area (Å²) < 4.78 is 4.69. The maximum atomic E-state index is 10.5. The Labute approximate surface area is 133 Å². The van der Waals surface area contributed by atoms with Gasteiger partial charge in [-0.15, -0.1) is 0 Å². The molecule has 1 rings (SSSR count). The minimum atomic E-state index is -0.933. The molecule has 1 atom stereocenters. The van der Waals surface area contributed by atoms with Crippen LogP contribution in [0.4, 0.5) is 5.69 Å². The van der Waals surface area contributed by atoms with Gasteiger partial charge in [0.25, 0.3) is 5.69 Å². The van der Waals surface area contributed by atoms with Crippen molar-refractivity contribution >= 4 is 17.6 Å². The monoisotopic (exact) mass is 327 g/mol. The third-order valence-corrected chi connectivity index (χ3v) is 2.60. The van der Waals surface area contributed by atoms with Gasteiger partial charge in [0.05, 0.1) is 4.92 Å². The number of non-ortho nitro benzene ring substituents is 1. The second kappa shape index (κ2) is 11.1. The second-order valence-electron chi connectivity index (χ2n) is 4.57. The van der Waals surface area contributed by atoms with Crippen LogP contribution < -0.4 is 16.2 Å². The number of nitrogens with zero attached hydrogens (tertiary/aromatic N) is 1. The number of carboxylic acid groups (broad SMARTS) is 1. The molecule has 128 valence electrons. The zero-order chi connectivity index (χ0) is 17.8. The first-order valence-corrected chi connectivity index (χ1v) is 6.89. The van der Waals surface area contributed by atoms with Gasteiger partial charge in [-0.3, -0.25) is 19.7 Å². The fourth-order valence-corrected chi connectivity index (χ4v) is 1.43. The molecule has 0 heterocycles. The van der Waals surface area contributed by atoms with E-state index in [4.69, 9.17) is 16.6 Å². The minimum Gasteiger partial charge on any atom is -0.480 e. The maximum absolute atomic E-state index is 10.5. The Bertz CT molecular complexity index is 518. The number of nitro benzene ring substituents is 1. The quantitative estimate of drug-likeness (QED) is 0.220. The lowest BCUT2D eigenvalue weighted by Gasteiger charge is -2.03. The van der Waals surface area contributed by atoms with Crippen molar-refractivity contribution in [3.8, 4) is 5.75 Å². The summed E-state index contributed by atoms with van der Waals surface area (Å²) in [4.78, 5) is 30.3. The SMILES string of the molecule is CC(=O)Oc1ccc([N+](=O)[O-])cc1.NCCCCC(N)C(=O)O. The first-order valence-electron chi connectivity index (χ1n) is 6.89. The highest BCUT2D eigenvalue weighted by Gasteiger charge is 2.09. The fraction of sp³-hybridized carbons (Fsp3) is 0.429. The van der Waals surface area contributed by atoms with Gasteiger partial charge in [0.2, 0.25) is 0 Å². The van der Waals surface area contributed by atoms with Crippen LogP contribution in [0, 0.1) is 10.1 Å². The van der Waals surface area contributed by atoms with Gasteiger partial charge in [-0.2, -0.15) is 0 Å². The van der Waals surface area contributed by atoms with Crippen molar-refractivity contribution in [2.45, 2.75) is 32.2 Å². The van der Waals surface area contributed by atoms with Gasteiger partial charge in [-0.25, -0.2) is 0 Å². The van der Waals surface area contributed by atoms with Crippen LogP contribution in [0.5, 0.6) is 5.75 Å². The topological polar surface area (TPSA) is 159 Å². The number of aliphatic carboxylic acids is 1. The number of carbonyl (C=O) groups excluding carboxylic acids is 1. The standard InChI is InChI=1S/C8H7NO4.C6H14N2O2/c1-6(10)13-8-4-2-7(3-5-8)9(11)12;7-4-2-1-3-5(8)6(9)10/h2-5H,1H3;5H,1-4,7-8H2,(H,9,10). The van der Waals surface area contributed by atoms with Crippen molar-refractivity contribution in [3.05, 3.63) is 34.4 Å². The Hall–Kier alpha value is -2.52. The van der Waals surface area contributed by atoms with Gasteiger partial charge < -0.3 is 21.3 Å². The lowest BCUT2D eigenvalue weighted by Crippen LogP contribution is -2.29. The number of benzene rings is 1. The molecule has 0 saturated carbocycles. The normalized spacial score (nSPS) is 10.9. The minimum absolute atomic E-state index is 0.0316. The molecule has 0 radical (unpaired) electrons. The molecular formula is C14H21N3O6. The second-order valence-corrected chi connectivity index (χ2v) is 4.57. The molecule has 1 aromatic rings. The van der Waals surface area contributed by atoms with Crippen LogP contribution in [0.2, 0.25) is 0 Å². The lowest BCUT2D eigenvalue weighted by atomic mass is 10.1. The third kappa shape index (κ3) is 9.93. The van der Waals surface area contributed by atoms with Crippen LogP contribution >= 0.6 is 0 Å². The highest BCUT2D eigenvalue weighted by atomic mass is 16.6. The number of esters is 1. The molecule has 0 aliphatic heterocycles. The van der Waals surface area contributed by atoms with Gasteiger partial charge >= 0.3 is 11.9 Å². The molecule has 0 bridgehead atoms. The molecule has 0 saturated heterocycles. The largest absolute Gasteiger partial charge is 0.480 e. The Morgan fingerprint density at radius 1 is 1.30 bits per heavy atom. The number of hydrogen-bond acceptors (Lipinski definition) is 7. The number of carbonyl (C=O) groups is 2. The van der Waals surface area contributed by atoms with Gasteiger partial charge in [0.15, 0.2) is 0 Å². The van der Waals surface area contributed by atoms with E-state index in [2.05, 4.69) is 4.74 Å². The van der Waals surface area contributed by atoms with Crippen LogP contribution in [-0.4, -0.2) is 34.6 Å². The molecule has 9 nitrogen and oxygen atoms in total. The van der Waals surface area contributed by atoms with E-state index >= 15 is 0 Å². The number of unbranched alkanes of at least 4 members (excludes halogenated alkanes) is 1. The Kier molecular flexibility index (Phi) is 9.88. The Morgan fingerprint density at radius 3 is 2.26 bits per heavy atom. The van der Waals surface area contributed by atoms with E-state index in [0.717, 1.165) is 12.8 Å². The lowest BCUT2D eigenvalue weighted by molar-refractivity contribution is -0.384. The van der Waals surface area contributed by atoms with E-state index in [-0.39, 0.29) is 5.69 Å². The van der Waals surface area contributed by atoms with Gasteiger partial charge in [0, 0.05) is 19.1 Å². The summed E-state index contributed by atoms with van der Waals surface area (Å²) in [6.45, 7) is 1.87. The number of nitro groups is 1. The molecule has 0 aromatic heterocycles. The van der Waals surface area contributed by atoms with Crippen molar-refractivity contribution in [3.63, 3.8) is 0 Å². The maximum Gasteiger partial charge on any atom is 0.320 e. The molecular weight excluding hydrogens is 306 g/mol. The average molecular weight is 327 g/mol. The summed E-state index contributed by atoms with van der Waals surface area (Å²) in [6, 6.07) is 4.59. The van der Waals surface area contributed by atoms with Crippen molar-refractivity contribution < 1.29 is 24.4 Å². The highest BCUT2D eigenvalue weighted by molar-refractivity contribution is 5.72. The van der Waals surface area contributed by atoms with Crippen LogP contribution in [0.1, 0.15) is 26.2 Å².